The number of carbonyl (C=O) groups excluding carboxylic acids is 3. The molecule has 1 saturated carbocycles. The lowest BCUT2D eigenvalue weighted by Gasteiger charge is -2.49. The molecule has 2 saturated heterocycles. The van der Waals surface area contributed by atoms with Crippen molar-refractivity contribution in [2.24, 2.45) is 22.9 Å². The summed E-state index contributed by atoms with van der Waals surface area (Å²) in [5.74, 6) is -3.81. The van der Waals surface area contributed by atoms with Gasteiger partial charge >= 0.3 is 0 Å². The van der Waals surface area contributed by atoms with Gasteiger partial charge in [-0.25, -0.2) is 14.4 Å². The molecule has 4 heterocycles. The summed E-state index contributed by atoms with van der Waals surface area (Å²) in [7, 11) is 1.24. The lowest BCUT2D eigenvalue weighted by atomic mass is 9.83. The molecular weight excluding hydrogens is 1020 g/mol. The zero-order valence-electron chi connectivity index (χ0n) is 42.2. The van der Waals surface area contributed by atoms with Gasteiger partial charge in [-0.2, -0.15) is 4.39 Å². The first-order valence-corrected chi connectivity index (χ1v) is 25.2. The predicted octanol–water partition coefficient (Wildman–Crippen LogP) is -3.40. The van der Waals surface area contributed by atoms with E-state index in [4.69, 9.17) is 46.6 Å². The fourth-order valence-corrected chi connectivity index (χ4v) is 9.51. The number of nitrogens with zero attached hydrogens (tertiary/aromatic N) is 3. The summed E-state index contributed by atoms with van der Waals surface area (Å²) in [6, 6.07) is 4.11. The van der Waals surface area contributed by atoms with Crippen molar-refractivity contribution >= 4 is 34.9 Å². The van der Waals surface area contributed by atoms with Crippen molar-refractivity contribution in [1.29, 1.82) is 0 Å². The van der Waals surface area contributed by atoms with Gasteiger partial charge in [-0.1, -0.05) is 6.92 Å². The summed E-state index contributed by atoms with van der Waals surface area (Å²) in [4.78, 5) is 48.1. The third-order valence-electron chi connectivity index (χ3n) is 13.9. The minimum Gasteiger partial charge on any atom is -0.494 e. The Labute approximate surface area is 440 Å². The van der Waals surface area contributed by atoms with Crippen molar-refractivity contribution in [3.8, 4) is 17.0 Å². The van der Waals surface area contributed by atoms with Crippen LogP contribution >= 0.6 is 0 Å². The molecule has 0 bridgehead atoms. The molecule has 28 heteroatoms. The number of fused-ring (bicyclic) bond motifs is 1. The van der Waals surface area contributed by atoms with Crippen molar-refractivity contribution in [1.82, 2.24) is 30.3 Å². The maximum absolute atomic E-state index is 15.0. The van der Waals surface area contributed by atoms with E-state index < -0.39 is 121 Å². The predicted molar refractivity (Wildman–Crippen MR) is 268 cm³/mol. The summed E-state index contributed by atoms with van der Waals surface area (Å²) in [6.07, 6.45) is -15.3. The van der Waals surface area contributed by atoms with Crippen LogP contribution in [-0.4, -0.2) is 199 Å². The second-order valence-corrected chi connectivity index (χ2v) is 19.1. The quantitative estimate of drug-likeness (QED) is 0.0341. The number of anilines is 2. The fraction of sp³-hybridized carbons (Fsp3) is 0.571. The van der Waals surface area contributed by atoms with Crippen LogP contribution in [0.25, 0.3) is 16.9 Å². The number of ether oxygens (including phenoxy) is 5. The normalized spacial score (nSPS) is 29.9. The van der Waals surface area contributed by atoms with Gasteiger partial charge in [0.25, 0.3) is 5.91 Å². The molecule has 0 spiro atoms. The Morgan fingerprint density at radius 3 is 2.31 bits per heavy atom. The highest BCUT2D eigenvalue weighted by Crippen LogP contribution is 2.34. The number of hydrogen-bond acceptors (Lipinski definition) is 22. The molecule has 0 unspecified atom stereocenters. The van der Waals surface area contributed by atoms with Gasteiger partial charge in [0, 0.05) is 61.3 Å². The van der Waals surface area contributed by atoms with Gasteiger partial charge in [-0.15, -0.1) is 0 Å². The number of benzene rings is 2. The van der Waals surface area contributed by atoms with Crippen molar-refractivity contribution in [2.75, 3.05) is 38.6 Å². The first-order valence-electron chi connectivity index (χ1n) is 25.2. The molecule has 2 aliphatic heterocycles. The maximum Gasteiger partial charge on any atom is 0.251 e. The summed E-state index contributed by atoms with van der Waals surface area (Å²) in [5, 5.41) is 87.0. The van der Waals surface area contributed by atoms with E-state index in [-0.39, 0.29) is 68.4 Å². The highest BCUT2D eigenvalue weighted by atomic mass is 19.2. The Hall–Kier alpha value is -5.67. The van der Waals surface area contributed by atoms with Crippen LogP contribution < -0.4 is 48.9 Å². The van der Waals surface area contributed by atoms with Crippen LogP contribution in [0, 0.1) is 11.6 Å². The lowest BCUT2D eigenvalue weighted by molar-refractivity contribution is -0.331. The molecule has 77 heavy (non-hydrogen) atoms. The van der Waals surface area contributed by atoms with Gasteiger partial charge in [0.2, 0.25) is 17.6 Å². The number of unbranched alkanes of at least 4 members (excludes halogenated alkanes) is 1. The number of halogens is 2. The summed E-state index contributed by atoms with van der Waals surface area (Å²) in [5.41, 5.74) is 26.1. The Morgan fingerprint density at radius 2 is 1.60 bits per heavy atom. The third-order valence-corrected chi connectivity index (χ3v) is 13.9. The molecule has 3 amide bonds. The van der Waals surface area contributed by atoms with E-state index in [0.717, 1.165) is 0 Å². The van der Waals surface area contributed by atoms with Crippen molar-refractivity contribution in [2.45, 2.75) is 143 Å². The summed E-state index contributed by atoms with van der Waals surface area (Å²) in [6.45, 7) is 1.48. The highest BCUT2D eigenvalue weighted by Gasteiger charge is 2.53. The number of aryl methyl sites for hydroxylation is 1. The largest absolute Gasteiger partial charge is 0.494 e. The molecule has 3 fully saturated rings. The molecule has 3 aliphatic rings. The van der Waals surface area contributed by atoms with Gasteiger partial charge < -0.3 is 104 Å². The molecule has 2 aromatic carbocycles. The first-order chi connectivity index (χ1) is 36.8. The average Bonchev–Trinajstić information content (AvgIpc) is 3.88. The number of hydrogen-bond donors (Lipinski definition) is 15. The Balaban J connectivity index is 0.912. The number of carbonyl (C=O) groups is 3. The zero-order chi connectivity index (χ0) is 55.8. The number of nitrogens with one attached hydrogen (secondary N) is 4. The van der Waals surface area contributed by atoms with Gasteiger partial charge in [0.15, 0.2) is 35.6 Å². The lowest BCUT2D eigenvalue weighted by Crippen LogP contribution is -2.69. The van der Waals surface area contributed by atoms with Crippen molar-refractivity contribution in [3.63, 3.8) is 0 Å². The Bertz CT molecular complexity index is 2660. The summed E-state index contributed by atoms with van der Waals surface area (Å²) >= 11 is 0. The van der Waals surface area contributed by atoms with Gasteiger partial charge in [-0.3, -0.25) is 18.8 Å². The molecule has 1 aliphatic carbocycles. The molecule has 4 aromatic rings. The van der Waals surface area contributed by atoms with E-state index >= 15 is 4.39 Å². The van der Waals surface area contributed by atoms with Crippen LogP contribution in [0.4, 0.5) is 20.3 Å². The second kappa shape index (κ2) is 26.3. The number of aliphatic hydroxyl groups is 7. The number of amides is 3. The zero-order valence-corrected chi connectivity index (χ0v) is 42.2. The Kier molecular flexibility index (Phi) is 20.2. The molecule has 7 rings (SSSR count). The minimum atomic E-state index is -1.82. The van der Waals surface area contributed by atoms with E-state index in [0.29, 0.717) is 47.5 Å². The van der Waals surface area contributed by atoms with E-state index in [1.807, 2.05) is 6.92 Å². The number of rotatable bonds is 22. The molecule has 0 radical (unpaired) electrons. The van der Waals surface area contributed by atoms with Crippen LogP contribution in [0.5, 0.6) is 5.75 Å². The van der Waals surface area contributed by atoms with Gasteiger partial charge in [0.05, 0.1) is 37.2 Å². The van der Waals surface area contributed by atoms with Crippen LogP contribution in [-0.2, 0) is 35.0 Å². The van der Waals surface area contributed by atoms with E-state index in [2.05, 4.69) is 31.2 Å². The average molecular weight is 1090 g/mol. The van der Waals surface area contributed by atoms with E-state index in [1.165, 1.54) is 31.6 Å². The molecule has 26 nitrogen and oxygen atoms in total. The first kappa shape index (κ1) is 59.0. The van der Waals surface area contributed by atoms with Gasteiger partial charge in [0.1, 0.15) is 61.0 Å². The third kappa shape index (κ3) is 13.3. The minimum absolute atomic E-state index is 0.00726. The van der Waals surface area contributed by atoms with Gasteiger partial charge in [-0.05, 0) is 74.5 Å². The van der Waals surface area contributed by atoms with E-state index in [9.17, 15) is 54.5 Å². The standard InChI is InChI=1S/C49H69F2N11O15/c1-3-21-16-22(60-44-45-59-19-27(62(45)15-14-56-44)24-9-10-29(73-2)34(51)33(24)50)7-8-23(21)46(71)57-13-5-4-6-32(64)58-20-31-36(65)35(55)38(67)48(75-31)77-43-26(61-47(72)28(63)11-12-52)17-25(54)42(41(43)70)76-49-40(69)39(68)37(66)30(18-53)74-49/h7-10,14-16,19,25-26,28,30-31,35-43,48-49,63,65-70H,3-6,11-13,17-18,20,52-55H2,1-2H3,(H,56,60)(H,57,71)(H,58,64)(H,61,72)/t25-,26+,28-,30+,31+,35-,36+,37+,38+,39-,40+,41-,42+,43-,48+,49+/m0/s1. The number of aromatic nitrogens is 3. The molecule has 424 valence electrons. The smallest absolute Gasteiger partial charge is 0.251 e. The Morgan fingerprint density at radius 1 is 0.870 bits per heavy atom. The fourth-order valence-electron chi connectivity index (χ4n) is 9.51. The second-order valence-electron chi connectivity index (χ2n) is 19.1. The SMILES string of the molecule is CCc1cc(Nc2nccn3c(-c4ccc(OC)c(F)c4F)cnc23)ccc1C(=O)NCCCCC(=O)NC[C@H]1O[C@H](O[C@@H]2[C@@H](O)[C@H](O[C@H]3O[C@H](CN)[C@@H](O)[C@H](O)[C@H]3O)[C@@H](N)C[C@H]2NC(=O)[C@@H](O)CCN)[C@H](O)[C@@H](N)[C@@H]1O. The van der Waals surface area contributed by atoms with E-state index in [1.54, 1.807) is 28.8 Å². The number of imidazole rings is 1. The summed E-state index contributed by atoms with van der Waals surface area (Å²) < 4.78 is 59.5. The van der Waals surface area contributed by atoms with Crippen LogP contribution in [0.2, 0.25) is 0 Å². The van der Waals surface area contributed by atoms with Crippen molar-refractivity contribution in [3.05, 3.63) is 71.7 Å². The molecule has 19 N–H and O–H groups in total. The molecular formula is C49H69F2N11O15. The highest BCUT2D eigenvalue weighted by molar-refractivity contribution is 5.96. The van der Waals surface area contributed by atoms with Crippen LogP contribution in [0.1, 0.15) is 54.9 Å². The van der Waals surface area contributed by atoms with Crippen LogP contribution in [0.15, 0.2) is 48.9 Å². The monoisotopic (exact) mass is 1090 g/mol. The number of nitrogens with two attached hydrogens (primary N) is 4. The maximum atomic E-state index is 15.0. The number of methoxy groups -OCH3 is 1. The molecule has 2 aromatic heterocycles. The van der Waals surface area contributed by atoms with Crippen molar-refractivity contribution < 1.29 is 82.6 Å². The number of aliphatic hydroxyl groups excluding tert-OH is 7. The molecule has 16 atom stereocenters. The van der Waals surface area contributed by atoms with Crippen LogP contribution in [0.3, 0.4) is 0 Å². The topological polar surface area (TPSA) is 421 Å².